The summed E-state index contributed by atoms with van der Waals surface area (Å²) in [6.07, 6.45) is 1.80. The number of nitrogens with one attached hydrogen (secondary N) is 1. The molecule has 0 spiro atoms. The number of aromatic nitrogens is 1. The minimum Gasteiger partial charge on any atom is -0.360 e. The molecule has 1 rings (SSSR count). The standard InChI is InChI=1S/C10H17N3O4S/c1-4-5-11-10(14)7-13(18(3,15)16)9-6-8(2)17-12-9/h6H,4-5,7H2,1-3H3,(H,11,14). The number of carbonyl (C=O) groups excluding carboxylic acids is 1. The van der Waals surface area contributed by atoms with Crippen molar-refractivity contribution >= 4 is 21.7 Å². The Balaban J connectivity index is 2.85. The zero-order valence-corrected chi connectivity index (χ0v) is 11.5. The highest BCUT2D eigenvalue weighted by atomic mass is 32.2. The van der Waals surface area contributed by atoms with Crippen molar-refractivity contribution in [1.82, 2.24) is 10.5 Å². The number of amides is 1. The maximum absolute atomic E-state index is 11.6. The van der Waals surface area contributed by atoms with Gasteiger partial charge in [0.1, 0.15) is 12.3 Å². The van der Waals surface area contributed by atoms with Gasteiger partial charge in [0.25, 0.3) is 0 Å². The zero-order valence-electron chi connectivity index (χ0n) is 10.6. The predicted octanol–water partition coefficient (Wildman–Crippen LogP) is 0.275. The third-order valence-corrected chi connectivity index (χ3v) is 3.25. The molecule has 0 aliphatic heterocycles. The number of hydrogen-bond donors (Lipinski definition) is 1. The maximum Gasteiger partial charge on any atom is 0.240 e. The molecule has 0 bridgehead atoms. The molecule has 0 saturated carbocycles. The second kappa shape index (κ2) is 5.85. The lowest BCUT2D eigenvalue weighted by atomic mass is 10.4. The van der Waals surface area contributed by atoms with E-state index in [-0.39, 0.29) is 18.3 Å². The van der Waals surface area contributed by atoms with Gasteiger partial charge >= 0.3 is 0 Å². The molecule has 1 amide bonds. The Labute approximate surface area is 106 Å². The molecule has 0 aliphatic carbocycles. The van der Waals surface area contributed by atoms with Gasteiger partial charge in [0.05, 0.1) is 6.26 Å². The SMILES string of the molecule is CCCNC(=O)CN(c1cc(C)on1)S(C)(=O)=O. The zero-order chi connectivity index (χ0) is 13.8. The molecule has 0 aliphatic rings. The molecule has 18 heavy (non-hydrogen) atoms. The summed E-state index contributed by atoms with van der Waals surface area (Å²) < 4.78 is 29.0. The van der Waals surface area contributed by atoms with E-state index in [2.05, 4.69) is 10.5 Å². The molecule has 0 aromatic carbocycles. The molecule has 1 heterocycles. The lowest BCUT2D eigenvalue weighted by Gasteiger charge is -2.18. The molecule has 0 fully saturated rings. The number of nitrogens with zero attached hydrogens (tertiary/aromatic N) is 2. The number of carbonyl (C=O) groups is 1. The first-order valence-corrected chi connectivity index (χ1v) is 7.37. The summed E-state index contributed by atoms with van der Waals surface area (Å²) in [5.41, 5.74) is 0. The van der Waals surface area contributed by atoms with Crippen molar-refractivity contribution in [2.75, 3.05) is 23.7 Å². The topological polar surface area (TPSA) is 92.5 Å². The van der Waals surface area contributed by atoms with Crippen molar-refractivity contribution in [2.45, 2.75) is 20.3 Å². The van der Waals surface area contributed by atoms with Gasteiger partial charge in [-0.3, -0.25) is 4.79 Å². The van der Waals surface area contributed by atoms with Gasteiger partial charge in [-0.05, 0) is 13.3 Å². The van der Waals surface area contributed by atoms with Gasteiger partial charge in [-0.15, -0.1) is 0 Å². The Morgan fingerprint density at radius 3 is 2.67 bits per heavy atom. The number of sulfonamides is 1. The van der Waals surface area contributed by atoms with Crippen LogP contribution in [0.1, 0.15) is 19.1 Å². The molecule has 0 atom stereocenters. The number of hydrogen-bond acceptors (Lipinski definition) is 5. The van der Waals surface area contributed by atoms with E-state index in [1.165, 1.54) is 6.07 Å². The van der Waals surface area contributed by atoms with Crippen molar-refractivity contribution in [3.63, 3.8) is 0 Å². The average Bonchev–Trinajstić information content (AvgIpc) is 2.68. The van der Waals surface area contributed by atoms with E-state index in [1.54, 1.807) is 6.92 Å². The molecule has 8 heteroatoms. The number of anilines is 1. The summed E-state index contributed by atoms with van der Waals surface area (Å²) in [5.74, 6) is 0.220. The summed E-state index contributed by atoms with van der Waals surface area (Å²) in [6, 6.07) is 1.47. The van der Waals surface area contributed by atoms with Crippen LogP contribution in [-0.2, 0) is 14.8 Å². The fourth-order valence-electron chi connectivity index (χ4n) is 1.29. The van der Waals surface area contributed by atoms with Gasteiger partial charge in [-0.1, -0.05) is 12.1 Å². The van der Waals surface area contributed by atoms with Crippen LogP contribution in [0.5, 0.6) is 0 Å². The van der Waals surface area contributed by atoms with Gasteiger partial charge in [0.15, 0.2) is 5.82 Å². The van der Waals surface area contributed by atoms with E-state index in [9.17, 15) is 13.2 Å². The van der Waals surface area contributed by atoms with E-state index < -0.39 is 10.0 Å². The van der Waals surface area contributed by atoms with Crippen molar-refractivity contribution in [3.05, 3.63) is 11.8 Å². The molecular formula is C10H17N3O4S. The minimum absolute atomic E-state index is 0.113. The first kappa shape index (κ1) is 14.5. The van der Waals surface area contributed by atoms with E-state index >= 15 is 0 Å². The van der Waals surface area contributed by atoms with Gasteiger partial charge in [-0.25, -0.2) is 12.7 Å². The highest BCUT2D eigenvalue weighted by molar-refractivity contribution is 7.92. The third-order valence-electron chi connectivity index (χ3n) is 2.13. The Kier molecular flexibility index (Phi) is 4.71. The van der Waals surface area contributed by atoms with Crippen molar-refractivity contribution in [2.24, 2.45) is 0 Å². The smallest absolute Gasteiger partial charge is 0.240 e. The lowest BCUT2D eigenvalue weighted by molar-refractivity contribution is -0.119. The molecule has 1 aromatic heterocycles. The fourth-order valence-corrected chi connectivity index (χ4v) is 2.07. The van der Waals surface area contributed by atoms with Gasteiger partial charge in [0.2, 0.25) is 15.9 Å². The first-order chi connectivity index (χ1) is 8.34. The van der Waals surface area contributed by atoms with Crippen molar-refractivity contribution in [1.29, 1.82) is 0 Å². The number of aryl methyl sites for hydroxylation is 1. The summed E-state index contributed by atoms with van der Waals surface area (Å²) >= 11 is 0. The first-order valence-electron chi connectivity index (χ1n) is 5.52. The largest absolute Gasteiger partial charge is 0.360 e. The van der Waals surface area contributed by atoms with Crippen LogP contribution >= 0.6 is 0 Å². The summed E-state index contributed by atoms with van der Waals surface area (Å²) in [5, 5.41) is 6.22. The summed E-state index contributed by atoms with van der Waals surface area (Å²) in [4.78, 5) is 11.6. The van der Waals surface area contributed by atoms with E-state index in [4.69, 9.17) is 4.52 Å². The van der Waals surface area contributed by atoms with Crippen LogP contribution in [0, 0.1) is 6.92 Å². The number of rotatable bonds is 6. The van der Waals surface area contributed by atoms with Crippen LogP contribution in [0.15, 0.2) is 10.6 Å². The molecule has 0 radical (unpaired) electrons. The Bertz CT molecular complexity index is 509. The van der Waals surface area contributed by atoms with Crippen LogP contribution in [-0.4, -0.2) is 38.8 Å². The van der Waals surface area contributed by atoms with E-state index in [0.717, 1.165) is 17.0 Å². The van der Waals surface area contributed by atoms with E-state index in [1.807, 2.05) is 6.92 Å². The van der Waals surface area contributed by atoms with Crippen LogP contribution < -0.4 is 9.62 Å². The third kappa shape index (κ3) is 4.02. The maximum atomic E-state index is 11.6. The fraction of sp³-hybridized carbons (Fsp3) is 0.600. The Morgan fingerprint density at radius 2 is 2.22 bits per heavy atom. The summed E-state index contributed by atoms with van der Waals surface area (Å²) in [6.45, 7) is 3.77. The quantitative estimate of drug-likeness (QED) is 0.804. The lowest BCUT2D eigenvalue weighted by Crippen LogP contribution is -2.40. The normalized spacial score (nSPS) is 11.3. The molecule has 1 N–H and O–H groups in total. The molecule has 102 valence electrons. The minimum atomic E-state index is -3.57. The molecule has 7 nitrogen and oxygen atoms in total. The molecule has 0 saturated heterocycles. The molecule has 1 aromatic rings. The Hall–Kier alpha value is -1.57. The van der Waals surface area contributed by atoms with Crippen LogP contribution in [0.2, 0.25) is 0 Å². The molecular weight excluding hydrogens is 258 g/mol. The average molecular weight is 275 g/mol. The Morgan fingerprint density at radius 1 is 1.56 bits per heavy atom. The predicted molar refractivity (Wildman–Crippen MR) is 66.7 cm³/mol. The second-order valence-corrected chi connectivity index (χ2v) is 5.82. The van der Waals surface area contributed by atoms with Gasteiger partial charge < -0.3 is 9.84 Å². The monoisotopic (exact) mass is 275 g/mol. The summed E-state index contributed by atoms with van der Waals surface area (Å²) in [7, 11) is -3.57. The highest BCUT2D eigenvalue weighted by Gasteiger charge is 2.23. The second-order valence-electron chi connectivity index (χ2n) is 3.92. The van der Waals surface area contributed by atoms with Crippen LogP contribution in [0.3, 0.4) is 0 Å². The van der Waals surface area contributed by atoms with Crippen LogP contribution in [0.4, 0.5) is 5.82 Å². The van der Waals surface area contributed by atoms with Crippen molar-refractivity contribution < 1.29 is 17.7 Å². The van der Waals surface area contributed by atoms with Gasteiger partial charge in [0, 0.05) is 12.6 Å². The van der Waals surface area contributed by atoms with Gasteiger partial charge in [-0.2, -0.15) is 0 Å². The highest BCUT2D eigenvalue weighted by Crippen LogP contribution is 2.16. The van der Waals surface area contributed by atoms with Crippen molar-refractivity contribution in [3.8, 4) is 0 Å². The van der Waals surface area contributed by atoms with E-state index in [0.29, 0.717) is 12.3 Å². The van der Waals surface area contributed by atoms with Crippen LogP contribution in [0.25, 0.3) is 0 Å². The molecule has 0 unspecified atom stereocenters.